The second-order valence-corrected chi connectivity index (χ2v) is 8.75. The minimum atomic E-state index is -4.92. The van der Waals surface area contributed by atoms with Crippen molar-refractivity contribution in [3.63, 3.8) is 0 Å². The number of thiophene rings is 1. The van der Waals surface area contributed by atoms with Crippen molar-refractivity contribution in [1.82, 2.24) is 4.98 Å². The monoisotopic (exact) mass is 483 g/mol. The van der Waals surface area contributed by atoms with Crippen molar-refractivity contribution in [2.24, 2.45) is 0 Å². The van der Waals surface area contributed by atoms with Crippen LogP contribution in [0.25, 0.3) is 11.3 Å². The summed E-state index contributed by atoms with van der Waals surface area (Å²) in [6, 6.07) is 3.03. The predicted octanol–water partition coefficient (Wildman–Crippen LogP) is 6.99. The Labute approximate surface area is 178 Å². The van der Waals surface area contributed by atoms with Crippen LogP contribution in [-0.2, 0) is 22.8 Å². The molecule has 3 nitrogen and oxygen atoms in total. The molecule has 2 aromatic heterocycles. The number of methoxy groups -OCH3 is 1. The largest absolute Gasteiger partial charge is 0.465 e. The van der Waals surface area contributed by atoms with E-state index in [4.69, 9.17) is 0 Å². The van der Waals surface area contributed by atoms with Gasteiger partial charge >= 0.3 is 18.3 Å². The standard InChI is InChI=1S/C18H11F6NO2S3/c1-27-16(26)14-5-12(6-29-14)28-8-15-25-13(7-30-15)9-2-10(17(19,20)21)4-11(3-9)18(22,23)24/h2-7H,8H2,1H3. The summed E-state index contributed by atoms with van der Waals surface area (Å²) < 4.78 is 82.8. The Balaban J connectivity index is 1.81. The Morgan fingerprint density at radius 2 is 1.63 bits per heavy atom. The molecule has 0 aliphatic rings. The van der Waals surface area contributed by atoms with Crippen molar-refractivity contribution in [2.75, 3.05) is 7.11 Å². The van der Waals surface area contributed by atoms with E-state index in [0.29, 0.717) is 27.8 Å². The second-order valence-electron chi connectivity index (χ2n) is 5.85. The Morgan fingerprint density at radius 1 is 1.00 bits per heavy atom. The molecule has 0 saturated carbocycles. The van der Waals surface area contributed by atoms with Crippen LogP contribution in [0.1, 0.15) is 25.8 Å². The Morgan fingerprint density at radius 3 is 2.20 bits per heavy atom. The van der Waals surface area contributed by atoms with Crippen molar-refractivity contribution in [3.8, 4) is 11.3 Å². The molecular weight excluding hydrogens is 472 g/mol. The molecular formula is C18H11F6NO2S3. The summed E-state index contributed by atoms with van der Waals surface area (Å²) >= 11 is 3.66. The third-order valence-electron chi connectivity index (χ3n) is 3.76. The SMILES string of the molecule is COC(=O)c1cc(SCc2nc(-c3cc(C(F)(F)F)cc(C(F)(F)F)c3)cs2)cs1. The van der Waals surface area contributed by atoms with E-state index in [1.807, 2.05) is 0 Å². The van der Waals surface area contributed by atoms with Gasteiger partial charge in [-0.1, -0.05) is 0 Å². The van der Waals surface area contributed by atoms with Crippen LogP contribution in [0.4, 0.5) is 26.3 Å². The van der Waals surface area contributed by atoms with Crippen LogP contribution in [0.5, 0.6) is 0 Å². The van der Waals surface area contributed by atoms with Gasteiger partial charge in [0, 0.05) is 21.2 Å². The maximum absolute atomic E-state index is 13.0. The van der Waals surface area contributed by atoms with E-state index in [1.54, 1.807) is 11.4 Å². The summed E-state index contributed by atoms with van der Waals surface area (Å²) in [6.07, 6.45) is -9.83. The first-order valence-corrected chi connectivity index (χ1v) is 10.8. The lowest BCUT2D eigenvalue weighted by atomic mass is 10.0. The quantitative estimate of drug-likeness (QED) is 0.223. The molecule has 3 aromatic rings. The number of benzene rings is 1. The van der Waals surface area contributed by atoms with Gasteiger partial charge in [-0.3, -0.25) is 0 Å². The number of carbonyl (C=O) groups is 1. The molecule has 12 heteroatoms. The zero-order valence-corrected chi connectivity index (χ0v) is 17.4. The molecule has 160 valence electrons. The summed E-state index contributed by atoms with van der Waals surface area (Å²) in [5, 5.41) is 3.68. The van der Waals surface area contributed by atoms with E-state index in [1.165, 1.54) is 35.6 Å². The van der Waals surface area contributed by atoms with E-state index in [-0.39, 0.29) is 17.3 Å². The first-order valence-electron chi connectivity index (χ1n) is 8.01. The number of aromatic nitrogens is 1. The highest BCUT2D eigenvalue weighted by molar-refractivity contribution is 7.98. The van der Waals surface area contributed by atoms with Crippen LogP contribution in [-0.4, -0.2) is 18.1 Å². The molecule has 0 bridgehead atoms. The number of nitrogens with zero attached hydrogens (tertiary/aromatic N) is 1. The van der Waals surface area contributed by atoms with Gasteiger partial charge in [0.2, 0.25) is 0 Å². The molecule has 0 amide bonds. The summed E-state index contributed by atoms with van der Waals surface area (Å²) in [5.74, 6) is -0.124. The molecule has 30 heavy (non-hydrogen) atoms. The average Bonchev–Trinajstić information content (AvgIpc) is 3.33. The third kappa shape index (κ3) is 5.35. The van der Waals surface area contributed by atoms with Crippen LogP contribution in [0.15, 0.2) is 39.9 Å². The molecule has 0 aliphatic heterocycles. The third-order valence-corrected chi connectivity index (χ3v) is 6.84. The zero-order valence-electron chi connectivity index (χ0n) is 14.9. The van der Waals surface area contributed by atoms with Gasteiger partial charge in [0.15, 0.2) is 0 Å². The highest BCUT2D eigenvalue weighted by atomic mass is 32.2. The number of rotatable bonds is 5. The number of hydrogen-bond acceptors (Lipinski definition) is 6. The smallest absolute Gasteiger partial charge is 0.416 e. The van der Waals surface area contributed by atoms with Crippen molar-refractivity contribution < 1.29 is 35.9 Å². The van der Waals surface area contributed by atoms with E-state index < -0.39 is 29.4 Å². The van der Waals surface area contributed by atoms with Crippen LogP contribution in [0.3, 0.4) is 0 Å². The normalized spacial score (nSPS) is 12.2. The van der Waals surface area contributed by atoms with Crippen molar-refractivity contribution in [1.29, 1.82) is 0 Å². The lowest BCUT2D eigenvalue weighted by Gasteiger charge is -2.13. The fourth-order valence-electron chi connectivity index (χ4n) is 2.36. The van der Waals surface area contributed by atoms with Gasteiger partial charge in [-0.15, -0.1) is 34.4 Å². The highest BCUT2D eigenvalue weighted by Gasteiger charge is 2.37. The van der Waals surface area contributed by atoms with E-state index in [9.17, 15) is 31.1 Å². The number of halogens is 6. The maximum atomic E-state index is 13.0. The molecule has 0 unspecified atom stereocenters. The topological polar surface area (TPSA) is 39.2 Å². The molecule has 0 radical (unpaired) electrons. The summed E-state index contributed by atoms with van der Waals surface area (Å²) in [4.78, 5) is 16.8. The first kappa shape index (κ1) is 22.6. The molecule has 1 aromatic carbocycles. The molecule has 0 spiro atoms. The first-order chi connectivity index (χ1) is 14.0. The van der Waals surface area contributed by atoms with Crippen molar-refractivity contribution in [2.45, 2.75) is 23.0 Å². The predicted molar refractivity (Wildman–Crippen MR) is 103 cm³/mol. The Hall–Kier alpha value is -2.05. The Kier molecular flexibility index (Phi) is 6.48. The fourth-order valence-corrected chi connectivity index (χ4v) is 5.13. The zero-order chi connectivity index (χ0) is 22.1. The van der Waals surface area contributed by atoms with Gasteiger partial charge in [0.05, 0.1) is 29.7 Å². The Bertz CT molecular complexity index is 1020. The van der Waals surface area contributed by atoms with Gasteiger partial charge in [-0.25, -0.2) is 9.78 Å². The lowest BCUT2D eigenvalue weighted by Crippen LogP contribution is -2.11. The molecule has 0 N–H and O–H groups in total. The number of thiazole rings is 1. The highest BCUT2D eigenvalue weighted by Crippen LogP contribution is 2.39. The van der Waals surface area contributed by atoms with Gasteiger partial charge in [-0.2, -0.15) is 26.3 Å². The van der Waals surface area contributed by atoms with Gasteiger partial charge < -0.3 is 4.74 Å². The summed E-state index contributed by atoms with van der Waals surface area (Å²) in [5.41, 5.74) is -2.99. The van der Waals surface area contributed by atoms with E-state index >= 15 is 0 Å². The fraction of sp³-hybridized carbons (Fsp3) is 0.222. The van der Waals surface area contributed by atoms with Crippen LogP contribution < -0.4 is 0 Å². The number of alkyl halides is 6. The van der Waals surface area contributed by atoms with E-state index in [0.717, 1.165) is 16.2 Å². The van der Waals surface area contributed by atoms with Gasteiger partial charge in [0.1, 0.15) is 9.88 Å². The summed E-state index contributed by atoms with van der Waals surface area (Å²) in [6.45, 7) is 0. The lowest BCUT2D eigenvalue weighted by molar-refractivity contribution is -0.143. The van der Waals surface area contributed by atoms with Crippen LogP contribution >= 0.6 is 34.4 Å². The van der Waals surface area contributed by atoms with Gasteiger partial charge in [-0.05, 0) is 24.3 Å². The van der Waals surface area contributed by atoms with E-state index in [2.05, 4.69) is 9.72 Å². The molecule has 0 saturated heterocycles. The number of hydrogen-bond donors (Lipinski definition) is 0. The average molecular weight is 483 g/mol. The summed E-state index contributed by atoms with van der Waals surface area (Å²) in [7, 11) is 1.27. The molecule has 2 heterocycles. The molecule has 0 fully saturated rings. The number of carbonyl (C=O) groups excluding carboxylic acids is 1. The minimum absolute atomic E-state index is 0.0350. The molecule has 0 aliphatic carbocycles. The molecule has 0 atom stereocenters. The molecule has 3 rings (SSSR count). The minimum Gasteiger partial charge on any atom is -0.465 e. The number of esters is 1. The van der Waals surface area contributed by atoms with Crippen LogP contribution in [0.2, 0.25) is 0 Å². The maximum Gasteiger partial charge on any atom is 0.416 e. The van der Waals surface area contributed by atoms with Gasteiger partial charge in [0.25, 0.3) is 0 Å². The van der Waals surface area contributed by atoms with Crippen molar-refractivity contribution >= 4 is 40.4 Å². The number of thioether (sulfide) groups is 1. The number of ether oxygens (including phenoxy) is 1. The van der Waals surface area contributed by atoms with Crippen LogP contribution in [0, 0.1) is 0 Å². The van der Waals surface area contributed by atoms with Crippen molar-refractivity contribution in [3.05, 3.63) is 56.0 Å². The second kappa shape index (κ2) is 8.60.